The summed E-state index contributed by atoms with van der Waals surface area (Å²) in [5, 5.41) is 14.8. The number of H-pyrrole nitrogens is 1. The maximum Gasteiger partial charge on any atom is 0.230 e. The van der Waals surface area contributed by atoms with Crippen molar-refractivity contribution in [2.24, 2.45) is 0 Å². The molecular weight excluding hydrogens is 420 g/mol. The predicted molar refractivity (Wildman–Crippen MR) is 123 cm³/mol. The van der Waals surface area contributed by atoms with E-state index in [1.807, 2.05) is 30.5 Å². The van der Waals surface area contributed by atoms with Crippen LogP contribution < -0.4 is 10.2 Å². The molecule has 8 heteroatoms. The molecule has 3 heterocycles. The van der Waals surface area contributed by atoms with Gasteiger partial charge in [-0.15, -0.1) is 0 Å². The van der Waals surface area contributed by atoms with Crippen molar-refractivity contribution in [3.63, 3.8) is 0 Å². The van der Waals surface area contributed by atoms with Gasteiger partial charge in [0.1, 0.15) is 0 Å². The van der Waals surface area contributed by atoms with Gasteiger partial charge in [-0.1, -0.05) is 22.9 Å². The van der Waals surface area contributed by atoms with E-state index in [-0.39, 0.29) is 18.4 Å². The number of aromatic nitrogens is 2. The lowest BCUT2D eigenvalue weighted by molar-refractivity contribution is -0.115. The fourth-order valence-corrected chi connectivity index (χ4v) is 5.01. The van der Waals surface area contributed by atoms with Crippen LogP contribution in [0.15, 0.2) is 42.6 Å². The summed E-state index contributed by atoms with van der Waals surface area (Å²) >= 11 is 7.57. The number of piperidine rings is 1. The quantitative estimate of drug-likeness (QED) is 0.434. The number of anilines is 2. The van der Waals surface area contributed by atoms with E-state index in [1.165, 1.54) is 11.3 Å². The second kappa shape index (κ2) is 7.91. The summed E-state index contributed by atoms with van der Waals surface area (Å²) in [5.41, 5.74) is 3.86. The maximum atomic E-state index is 12.6. The van der Waals surface area contributed by atoms with E-state index in [1.54, 1.807) is 0 Å². The number of aliphatic hydroxyl groups is 1. The molecule has 4 aromatic rings. The summed E-state index contributed by atoms with van der Waals surface area (Å²) in [5.74, 6) is -0.111. The molecule has 1 amide bonds. The summed E-state index contributed by atoms with van der Waals surface area (Å²) in [4.78, 5) is 22.6. The largest absolute Gasteiger partial charge is 0.393 e. The van der Waals surface area contributed by atoms with Crippen molar-refractivity contribution in [1.82, 2.24) is 9.97 Å². The summed E-state index contributed by atoms with van der Waals surface area (Å²) in [6, 6.07) is 11.8. The van der Waals surface area contributed by atoms with Crippen molar-refractivity contribution in [1.29, 1.82) is 0 Å². The van der Waals surface area contributed by atoms with Crippen molar-refractivity contribution in [2.75, 3.05) is 23.3 Å². The van der Waals surface area contributed by atoms with Gasteiger partial charge < -0.3 is 20.3 Å². The number of rotatable bonds is 4. The molecule has 6 nitrogen and oxygen atoms in total. The number of carbonyl (C=O) groups is 1. The molecule has 2 aromatic heterocycles. The van der Waals surface area contributed by atoms with Crippen LogP contribution in [0.4, 0.5) is 10.8 Å². The Hall–Kier alpha value is -2.61. The van der Waals surface area contributed by atoms with Crippen molar-refractivity contribution >= 4 is 60.8 Å². The van der Waals surface area contributed by atoms with E-state index in [4.69, 9.17) is 11.6 Å². The topological polar surface area (TPSA) is 81.2 Å². The van der Waals surface area contributed by atoms with Gasteiger partial charge >= 0.3 is 0 Å². The molecule has 1 fully saturated rings. The molecular formula is C22H21ClN4O2S. The average Bonchev–Trinajstić information content (AvgIpc) is 3.31. The Morgan fingerprint density at radius 3 is 2.93 bits per heavy atom. The lowest BCUT2D eigenvalue weighted by Crippen LogP contribution is -2.35. The zero-order chi connectivity index (χ0) is 20.7. The fraction of sp³-hybridized carbons (Fsp3) is 0.273. The highest BCUT2D eigenvalue weighted by Gasteiger charge is 2.18. The first kappa shape index (κ1) is 19.4. The van der Waals surface area contributed by atoms with Gasteiger partial charge in [0.05, 0.1) is 22.7 Å². The number of amides is 1. The number of nitrogens with zero attached hydrogens (tertiary/aromatic N) is 2. The molecule has 0 unspecified atom stereocenters. The number of nitrogens with one attached hydrogen (secondary N) is 2. The minimum absolute atomic E-state index is 0.111. The first-order chi connectivity index (χ1) is 14.5. The van der Waals surface area contributed by atoms with Gasteiger partial charge in [-0.3, -0.25) is 4.79 Å². The summed E-state index contributed by atoms with van der Waals surface area (Å²) in [6.45, 7) is 1.70. The van der Waals surface area contributed by atoms with Crippen LogP contribution in [0, 0.1) is 0 Å². The van der Waals surface area contributed by atoms with Gasteiger partial charge in [0, 0.05) is 40.9 Å². The van der Waals surface area contributed by atoms with Gasteiger partial charge in [-0.2, -0.15) is 0 Å². The molecule has 0 aliphatic carbocycles. The van der Waals surface area contributed by atoms with Crippen LogP contribution in [0.2, 0.25) is 5.02 Å². The van der Waals surface area contributed by atoms with Crippen LogP contribution in [0.3, 0.4) is 0 Å². The van der Waals surface area contributed by atoms with Gasteiger partial charge in [0.2, 0.25) is 5.91 Å². The second-order valence-corrected chi connectivity index (χ2v) is 9.09. The molecule has 0 saturated carbocycles. The van der Waals surface area contributed by atoms with Crippen LogP contribution in [-0.4, -0.2) is 40.2 Å². The number of aromatic amines is 1. The molecule has 154 valence electrons. The summed E-state index contributed by atoms with van der Waals surface area (Å²) < 4.78 is 1.03. The zero-order valence-corrected chi connectivity index (χ0v) is 17.8. The first-order valence-corrected chi connectivity index (χ1v) is 11.1. The highest BCUT2D eigenvalue weighted by molar-refractivity contribution is 7.22. The molecule has 3 N–H and O–H groups in total. The first-order valence-electron chi connectivity index (χ1n) is 9.94. The minimum Gasteiger partial charge on any atom is -0.393 e. The van der Waals surface area contributed by atoms with E-state index in [9.17, 15) is 9.90 Å². The van der Waals surface area contributed by atoms with E-state index < -0.39 is 0 Å². The molecule has 0 spiro atoms. The Bertz CT molecular complexity index is 1230. The smallest absolute Gasteiger partial charge is 0.230 e. The molecule has 0 radical (unpaired) electrons. The third kappa shape index (κ3) is 3.88. The monoisotopic (exact) mass is 440 g/mol. The van der Waals surface area contributed by atoms with Crippen LogP contribution in [0.5, 0.6) is 0 Å². The predicted octanol–water partition coefficient (Wildman–Crippen LogP) is 4.57. The van der Waals surface area contributed by atoms with Gasteiger partial charge in [-0.05, 0) is 54.8 Å². The SMILES string of the molecule is O=C(Cc1c[nH]c2ccc(Cl)cc12)Nc1nc2ccc(N3CCC(O)CC3)cc2s1. The fourth-order valence-electron chi connectivity index (χ4n) is 3.92. The van der Waals surface area contributed by atoms with Gasteiger partial charge in [0.25, 0.3) is 0 Å². The van der Waals surface area contributed by atoms with Crippen LogP contribution in [0.1, 0.15) is 18.4 Å². The highest BCUT2D eigenvalue weighted by atomic mass is 35.5. The van der Waals surface area contributed by atoms with Crippen LogP contribution >= 0.6 is 22.9 Å². The Balaban J connectivity index is 1.31. The molecule has 5 rings (SSSR count). The maximum absolute atomic E-state index is 12.6. The molecule has 1 saturated heterocycles. The number of hydrogen-bond acceptors (Lipinski definition) is 5. The number of halogens is 1. The summed E-state index contributed by atoms with van der Waals surface area (Å²) in [7, 11) is 0. The molecule has 1 aliphatic heterocycles. The van der Waals surface area contributed by atoms with E-state index >= 15 is 0 Å². The Morgan fingerprint density at radius 1 is 1.27 bits per heavy atom. The van der Waals surface area contributed by atoms with E-state index in [0.29, 0.717) is 10.2 Å². The normalized spacial score (nSPS) is 15.2. The van der Waals surface area contributed by atoms with E-state index in [0.717, 1.165) is 58.3 Å². The van der Waals surface area contributed by atoms with Crippen molar-refractivity contribution in [2.45, 2.75) is 25.4 Å². The van der Waals surface area contributed by atoms with Gasteiger partial charge in [0.15, 0.2) is 5.13 Å². The van der Waals surface area contributed by atoms with Crippen LogP contribution in [0.25, 0.3) is 21.1 Å². The number of thiazole rings is 1. The number of aliphatic hydroxyl groups excluding tert-OH is 1. The van der Waals surface area contributed by atoms with Crippen molar-refractivity contribution in [3.05, 3.63) is 53.2 Å². The molecule has 0 bridgehead atoms. The van der Waals surface area contributed by atoms with Crippen LogP contribution in [-0.2, 0) is 11.2 Å². The molecule has 2 aromatic carbocycles. The molecule has 30 heavy (non-hydrogen) atoms. The second-order valence-electron chi connectivity index (χ2n) is 7.62. The lowest BCUT2D eigenvalue weighted by atomic mass is 10.1. The average molecular weight is 441 g/mol. The summed E-state index contributed by atoms with van der Waals surface area (Å²) in [6.07, 6.45) is 3.49. The minimum atomic E-state index is -0.191. The Morgan fingerprint density at radius 2 is 2.10 bits per heavy atom. The molecule has 0 atom stereocenters. The standard InChI is InChI=1S/C22H21ClN4O2S/c23-14-1-3-18-17(10-14)13(12-24-18)9-21(29)26-22-25-19-4-2-15(11-20(19)30-22)27-7-5-16(28)6-8-27/h1-4,10-12,16,24,28H,5-9H2,(H,25,26,29). The third-order valence-electron chi connectivity index (χ3n) is 5.53. The Kier molecular flexibility index (Phi) is 5.10. The third-order valence-corrected chi connectivity index (χ3v) is 6.70. The number of carbonyl (C=O) groups excluding carboxylic acids is 1. The van der Waals surface area contributed by atoms with Gasteiger partial charge in [-0.25, -0.2) is 4.98 Å². The highest BCUT2D eigenvalue weighted by Crippen LogP contribution is 2.31. The van der Waals surface area contributed by atoms with Crippen molar-refractivity contribution < 1.29 is 9.90 Å². The number of fused-ring (bicyclic) bond motifs is 2. The zero-order valence-electron chi connectivity index (χ0n) is 16.2. The number of benzene rings is 2. The molecule has 1 aliphatic rings. The number of hydrogen-bond donors (Lipinski definition) is 3. The lowest BCUT2D eigenvalue weighted by Gasteiger charge is -2.31. The van der Waals surface area contributed by atoms with E-state index in [2.05, 4.69) is 32.3 Å². The Labute approximate surface area is 182 Å². The van der Waals surface area contributed by atoms with Crippen molar-refractivity contribution in [3.8, 4) is 0 Å².